The summed E-state index contributed by atoms with van der Waals surface area (Å²) in [5.74, 6) is 0.0976. The lowest BCUT2D eigenvalue weighted by Crippen LogP contribution is -2.31. The average molecular weight is 317 g/mol. The van der Waals surface area contributed by atoms with E-state index in [9.17, 15) is 4.39 Å². The summed E-state index contributed by atoms with van der Waals surface area (Å²) in [4.78, 5) is 5.98. The number of aromatic nitrogens is 1. The maximum atomic E-state index is 13.8. The first-order chi connectivity index (χ1) is 8.61. The molecule has 7 heteroatoms. The van der Waals surface area contributed by atoms with E-state index in [0.717, 1.165) is 12.8 Å². The van der Waals surface area contributed by atoms with Crippen molar-refractivity contribution in [3.05, 3.63) is 22.6 Å². The average Bonchev–Trinajstić information content (AvgIpc) is 3.15. The highest BCUT2D eigenvalue weighted by Gasteiger charge is 2.31. The Bertz CT molecular complexity index is 464. The zero-order valence-corrected chi connectivity index (χ0v) is 11.3. The van der Waals surface area contributed by atoms with E-state index in [4.69, 9.17) is 10.9 Å². The van der Waals surface area contributed by atoms with Gasteiger partial charge in [0.05, 0.1) is 0 Å². The lowest BCUT2D eigenvalue weighted by molar-refractivity contribution is 0.317. The Hall–Kier alpha value is -1.37. The van der Waals surface area contributed by atoms with E-state index in [1.807, 2.05) is 4.90 Å². The number of pyridine rings is 1. The van der Waals surface area contributed by atoms with E-state index in [2.05, 4.69) is 26.1 Å². The number of hydrogen-bond donors (Lipinski definition) is 2. The van der Waals surface area contributed by atoms with E-state index < -0.39 is 0 Å². The van der Waals surface area contributed by atoms with Gasteiger partial charge in [0.25, 0.3) is 0 Å². The van der Waals surface area contributed by atoms with Gasteiger partial charge in [0.2, 0.25) is 0 Å². The fraction of sp³-hybridized carbons (Fsp3) is 0.455. The molecule has 1 aromatic rings. The monoisotopic (exact) mass is 316 g/mol. The van der Waals surface area contributed by atoms with Crippen LogP contribution in [0.1, 0.15) is 19.3 Å². The fourth-order valence-corrected chi connectivity index (χ4v) is 2.05. The number of oxime groups is 1. The van der Waals surface area contributed by atoms with Crippen molar-refractivity contribution in [2.75, 3.05) is 11.4 Å². The Morgan fingerprint density at radius 1 is 1.67 bits per heavy atom. The number of amidine groups is 1. The van der Waals surface area contributed by atoms with Crippen molar-refractivity contribution < 1.29 is 9.60 Å². The zero-order chi connectivity index (χ0) is 13.1. The van der Waals surface area contributed by atoms with E-state index >= 15 is 0 Å². The minimum Gasteiger partial charge on any atom is -0.409 e. The fourth-order valence-electron chi connectivity index (χ4n) is 1.75. The predicted octanol–water partition coefficient (Wildman–Crippen LogP) is 2.09. The van der Waals surface area contributed by atoms with Crippen molar-refractivity contribution >= 4 is 27.6 Å². The van der Waals surface area contributed by atoms with Crippen molar-refractivity contribution in [1.82, 2.24) is 4.98 Å². The molecule has 5 nitrogen and oxygen atoms in total. The van der Waals surface area contributed by atoms with Crippen LogP contribution >= 0.6 is 15.9 Å². The quantitative estimate of drug-likeness (QED) is 0.377. The number of nitrogens with two attached hydrogens (primary N) is 1. The van der Waals surface area contributed by atoms with Gasteiger partial charge in [0.15, 0.2) is 11.6 Å². The van der Waals surface area contributed by atoms with Crippen LogP contribution in [-0.2, 0) is 0 Å². The van der Waals surface area contributed by atoms with Gasteiger partial charge in [0.1, 0.15) is 5.84 Å². The summed E-state index contributed by atoms with van der Waals surface area (Å²) in [6, 6.07) is 1.70. The third-order valence-electron chi connectivity index (χ3n) is 2.79. The lowest BCUT2D eigenvalue weighted by Gasteiger charge is -2.23. The highest BCUT2D eigenvalue weighted by Crippen LogP contribution is 2.32. The van der Waals surface area contributed by atoms with Gasteiger partial charge in [0, 0.05) is 29.7 Å². The highest BCUT2D eigenvalue weighted by atomic mass is 79.9. The summed E-state index contributed by atoms with van der Waals surface area (Å²) in [6.45, 7) is 0.492. The van der Waals surface area contributed by atoms with Crippen LogP contribution in [0.2, 0.25) is 0 Å². The summed E-state index contributed by atoms with van der Waals surface area (Å²) < 4.78 is 14.5. The minimum absolute atomic E-state index is 0.137. The highest BCUT2D eigenvalue weighted by molar-refractivity contribution is 9.10. The summed E-state index contributed by atoms with van der Waals surface area (Å²) in [7, 11) is 0. The molecular formula is C11H14BrFN4O. The minimum atomic E-state index is -0.365. The molecule has 1 aliphatic carbocycles. The number of hydrogen-bond acceptors (Lipinski definition) is 4. The van der Waals surface area contributed by atoms with Crippen LogP contribution in [0.5, 0.6) is 0 Å². The molecule has 1 aromatic heterocycles. The summed E-state index contributed by atoms with van der Waals surface area (Å²) in [6.07, 6.45) is 3.99. The Labute approximate surface area is 113 Å². The number of nitrogens with zero attached hydrogens (tertiary/aromatic N) is 3. The number of anilines is 1. The molecule has 18 heavy (non-hydrogen) atoms. The van der Waals surface area contributed by atoms with Crippen LogP contribution < -0.4 is 10.6 Å². The van der Waals surface area contributed by atoms with Crippen LogP contribution in [0.25, 0.3) is 0 Å². The Morgan fingerprint density at radius 2 is 2.39 bits per heavy atom. The molecule has 0 radical (unpaired) electrons. The van der Waals surface area contributed by atoms with Crippen molar-refractivity contribution in [3.8, 4) is 0 Å². The normalized spacial score (nSPS) is 15.8. The van der Waals surface area contributed by atoms with E-state index in [1.165, 1.54) is 6.07 Å². The largest absolute Gasteiger partial charge is 0.409 e. The molecule has 0 aromatic carbocycles. The molecule has 1 fully saturated rings. The van der Waals surface area contributed by atoms with Gasteiger partial charge in [-0.15, -0.1) is 0 Å². The second-order valence-electron chi connectivity index (χ2n) is 4.22. The maximum Gasteiger partial charge on any atom is 0.166 e. The standard InChI is InChI=1S/C11H14BrFN4O/c12-7-5-9(13)11(15-6-7)17(8-1-2-8)4-3-10(14)16-18/h5-6,8,18H,1-4H2,(H2,14,16). The number of rotatable bonds is 5. The molecule has 1 heterocycles. The van der Waals surface area contributed by atoms with Gasteiger partial charge in [-0.3, -0.25) is 0 Å². The van der Waals surface area contributed by atoms with Crippen molar-refractivity contribution in [2.45, 2.75) is 25.3 Å². The molecule has 0 aliphatic heterocycles. The lowest BCUT2D eigenvalue weighted by atomic mass is 10.3. The van der Waals surface area contributed by atoms with Crippen LogP contribution in [-0.4, -0.2) is 28.6 Å². The zero-order valence-electron chi connectivity index (χ0n) is 9.68. The first-order valence-electron chi connectivity index (χ1n) is 5.66. The topological polar surface area (TPSA) is 74.7 Å². The van der Waals surface area contributed by atoms with Crippen LogP contribution in [0.15, 0.2) is 21.9 Å². The second kappa shape index (κ2) is 5.51. The number of halogens is 2. The van der Waals surface area contributed by atoms with Crippen LogP contribution in [0.4, 0.5) is 10.2 Å². The third kappa shape index (κ3) is 3.10. The maximum absolute atomic E-state index is 13.8. The Kier molecular flexibility index (Phi) is 4.00. The summed E-state index contributed by atoms with van der Waals surface area (Å²) in [5.41, 5.74) is 5.43. The van der Waals surface area contributed by atoms with Crippen LogP contribution in [0, 0.1) is 5.82 Å². The van der Waals surface area contributed by atoms with Gasteiger partial charge < -0.3 is 15.8 Å². The second-order valence-corrected chi connectivity index (χ2v) is 5.14. The Balaban J connectivity index is 2.14. The molecule has 0 spiro atoms. The first-order valence-corrected chi connectivity index (χ1v) is 6.45. The van der Waals surface area contributed by atoms with Crippen molar-refractivity contribution in [1.29, 1.82) is 0 Å². The van der Waals surface area contributed by atoms with Crippen LogP contribution in [0.3, 0.4) is 0 Å². The van der Waals surface area contributed by atoms with Gasteiger partial charge in [-0.2, -0.15) is 0 Å². The molecular weight excluding hydrogens is 303 g/mol. The third-order valence-corrected chi connectivity index (χ3v) is 3.22. The van der Waals surface area contributed by atoms with Gasteiger partial charge in [-0.1, -0.05) is 5.16 Å². The Morgan fingerprint density at radius 3 is 2.94 bits per heavy atom. The molecule has 0 unspecified atom stereocenters. The van der Waals surface area contributed by atoms with E-state index in [0.29, 0.717) is 29.3 Å². The van der Waals surface area contributed by atoms with Gasteiger partial charge in [-0.25, -0.2) is 9.37 Å². The smallest absolute Gasteiger partial charge is 0.166 e. The summed E-state index contributed by atoms with van der Waals surface area (Å²) >= 11 is 3.18. The van der Waals surface area contributed by atoms with Gasteiger partial charge >= 0.3 is 0 Å². The first kappa shape index (κ1) is 13.1. The molecule has 0 amide bonds. The van der Waals surface area contributed by atoms with Gasteiger partial charge in [-0.05, 0) is 34.8 Å². The predicted molar refractivity (Wildman–Crippen MR) is 70.3 cm³/mol. The summed E-state index contributed by atoms with van der Waals surface area (Å²) in [5, 5.41) is 11.4. The van der Waals surface area contributed by atoms with E-state index in [-0.39, 0.29) is 11.7 Å². The molecule has 98 valence electrons. The van der Waals surface area contributed by atoms with Crippen molar-refractivity contribution in [3.63, 3.8) is 0 Å². The molecule has 0 saturated heterocycles. The SMILES string of the molecule is NC(CCN(c1ncc(Br)cc1F)C1CC1)=NO. The molecule has 3 N–H and O–H groups in total. The molecule has 0 atom stereocenters. The molecule has 1 aliphatic rings. The van der Waals surface area contributed by atoms with Crippen molar-refractivity contribution in [2.24, 2.45) is 10.9 Å². The molecule has 2 rings (SSSR count). The van der Waals surface area contributed by atoms with E-state index in [1.54, 1.807) is 6.20 Å². The molecule has 0 bridgehead atoms. The molecule has 1 saturated carbocycles.